The van der Waals surface area contributed by atoms with Crippen molar-refractivity contribution in [1.82, 2.24) is 10.2 Å². The maximum Gasteiger partial charge on any atom is 0.418 e. The van der Waals surface area contributed by atoms with Crippen LogP contribution in [0.4, 0.5) is 15.3 Å². The van der Waals surface area contributed by atoms with E-state index in [-0.39, 0.29) is 30.6 Å². The Labute approximate surface area is 151 Å². The number of nitro groups is 1. The highest BCUT2D eigenvalue weighted by molar-refractivity contribution is 5.90. The van der Waals surface area contributed by atoms with E-state index in [0.29, 0.717) is 5.56 Å². The minimum Gasteiger partial charge on any atom is -0.441 e. The molecule has 1 heterocycles. The summed E-state index contributed by atoms with van der Waals surface area (Å²) in [4.78, 5) is 34.7. The zero-order valence-electron chi connectivity index (χ0n) is 13.7. The Hall–Kier alpha value is -2.39. The first kappa shape index (κ1) is 20.7. The molecule has 0 bridgehead atoms. The molecular formula is C15H21ClN4O5. The normalized spacial score (nSPS) is 17.2. The van der Waals surface area contributed by atoms with Crippen LogP contribution < -0.4 is 11.1 Å². The van der Waals surface area contributed by atoms with Crippen LogP contribution in [0.5, 0.6) is 0 Å². The van der Waals surface area contributed by atoms with Crippen LogP contribution in [0.2, 0.25) is 0 Å². The Morgan fingerprint density at radius 3 is 2.56 bits per heavy atom. The number of ether oxygens (including phenoxy) is 1. The number of nitrogens with one attached hydrogen (secondary N) is 1. The summed E-state index contributed by atoms with van der Waals surface area (Å²) in [7, 11) is 0. The molecule has 2 atom stereocenters. The molecule has 2 rings (SSSR count). The largest absolute Gasteiger partial charge is 0.441 e. The fraction of sp³-hybridized carbons (Fsp3) is 0.467. The topological polar surface area (TPSA) is 128 Å². The quantitative estimate of drug-likeness (QED) is 0.602. The van der Waals surface area contributed by atoms with Crippen molar-refractivity contribution in [1.29, 1.82) is 0 Å². The van der Waals surface area contributed by atoms with Gasteiger partial charge in [0.1, 0.15) is 6.10 Å². The molecule has 1 aromatic carbocycles. The van der Waals surface area contributed by atoms with Crippen molar-refractivity contribution in [3.8, 4) is 0 Å². The van der Waals surface area contributed by atoms with Crippen molar-refractivity contribution in [2.75, 3.05) is 19.6 Å². The van der Waals surface area contributed by atoms with E-state index in [9.17, 15) is 19.7 Å². The van der Waals surface area contributed by atoms with Gasteiger partial charge in [0, 0.05) is 18.7 Å². The molecule has 1 fully saturated rings. The Bertz CT molecular complexity index is 619. The summed E-state index contributed by atoms with van der Waals surface area (Å²) in [5.41, 5.74) is 5.81. The van der Waals surface area contributed by atoms with E-state index in [0.717, 1.165) is 24.4 Å². The standard InChI is InChI=1S/C15H20N4O5.ClH/c1-10(12-2-4-13(5-3-12)19(22)23)24-15(21)18(14(16)20)9-11-6-7-17-8-11;/h2-5,10-11,17H,6-9H2,1H3,(H2,16,20);1H/t10?,11-;/m0./s1. The SMILES string of the molecule is CC(OC(=O)N(C[C@H]1CCNC1)C(N)=O)c1ccc([N+](=O)[O-])cc1.Cl. The average Bonchev–Trinajstić information content (AvgIpc) is 3.05. The first-order valence-electron chi connectivity index (χ1n) is 7.61. The molecule has 1 unspecified atom stereocenters. The van der Waals surface area contributed by atoms with Gasteiger partial charge in [-0.15, -0.1) is 12.4 Å². The van der Waals surface area contributed by atoms with Crippen molar-refractivity contribution < 1.29 is 19.2 Å². The molecule has 25 heavy (non-hydrogen) atoms. The molecular weight excluding hydrogens is 352 g/mol. The summed E-state index contributed by atoms with van der Waals surface area (Å²) in [6.07, 6.45) is -0.628. The Morgan fingerprint density at radius 2 is 2.08 bits per heavy atom. The van der Waals surface area contributed by atoms with E-state index in [4.69, 9.17) is 10.5 Å². The van der Waals surface area contributed by atoms with Crippen molar-refractivity contribution in [2.45, 2.75) is 19.4 Å². The second-order valence-electron chi connectivity index (χ2n) is 5.68. The van der Waals surface area contributed by atoms with Gasteiger partial charge in [-0.1, -0.05) is 0 Å². The van der Waals surface area contributed by atoms with Gasteiger partial charge in [0.25, 0.3) is 5.69 Å². The van der Waals surface area contributed by atoms with E-state index in [1.165, 1.54) is 24.3 Å². The van der Waals surface area contributed by atoms with E-state index >= 15 is 0 Å². The number of carbonyl (C=O) groups is 2. The number of halogens is 1. The van der Waals surface area contributed by atoms with Gasteiger partial charge in [0.05, 0.1) is 4.92 Å². The van der Waals surface area contributed by atoms with Gasteiger partial charge in [-0.2, -0.15) is 0 Å². The molecule has 1 aliphatic rings. The Kier molecular flexibility index (Phi) is 7.59. The lowest BCUT2D eigenvalue weighted by atomic mass is 10.1. The molecule has 138 valence electrons. The Morgan fingerprint density at radius 1 is 1.44 bits per heavy atom. The third-order valence-corrected chi connectivity index (χ3v) is 3.94. The number of urea groups is 1. The van der Waals surface area contributed by atoms with Crippen LogP contribution in [-0.2, 0) is 4.74 Å². The number of carbonyl (C=O) groups excluding carboxylic acids is 2. The minimum atomic E-state index is -0.859. The first-order valence-corrected chi connectivity index (χ1v) is 7.61. The van der Waals surface area contributed by atoms with E-state index in [2.05, 4.69) is 5.32 Å². The number of imide groups is 1. The molecule has 0 saturated carbocycles. The van der Waals surface area contributed by atoms with Gasteiger partial charge in [0.15, 0.2) is 0 Å². The lowest BCUT2D eigenvalue weighted by molar-refractivity contribution is -0.384. The third kappa shape index (κ3) is 5.57. The molecule has 0 aromatic heterocycles. The smallest absolute Gasteiger partial charge is 0.418 e. The minimum absolute atomic E-state index is 0. The summed E-state index contributed by atoms with van der Waals surface area (Å²) in [5, 5.41) is 13.8. The van der Waals surface area contributed by atoms with E-state index < -0.39 is 23.2 Å². The molecule has 1 saturated heterocycles. The van der Waals surface area contributed by atoms with Crippen molar-refractivity contribution in [3.63, 3.8) is 0 Å². The highest BCUT2D eigenvalue weighted by Crippen LogP contribution is 2.21. The molecule has 0 radical (unpaired) electrons. The molecule has 0 spiro atoms. The van der Waals surface area contributed by atoms with Crippen LogP contribution >= 0.6 is 12.4 Å². The van der Waals surface area contributed by atoms with Gasteiger partial charge in [-0.3, -0.25) is 10.1 Å². The van der Waals surface area contributed by atoms with Crippen molar-refractivity contribution in [3.05, 3.63) is 39.9 Å². The lowest BCUT2D eigenvalue weighted by Crippen LogP contribution is -2.44. The zero-order chi connectivity index (χ0) is 17.7. The molecule has 10 heteroatoms. The van der Waals surface area contributed by atoms with Gasteiger partial charge in [-0.05, 0) is 50.0 Å². The fourth-order valence-electron chi connectivity index (χ4n) is 2.53. The summed E-state index contributed by atoms with van der Waals surface area (Å²) < 4.78 is 5.27. The number of nitrogens with two attached hydrogens (primary N) is 1. The predicted molar refractivity (Wildman–Crippen MR) is 92.5 cm³/mol. The number of hydrogen-bond acceptors (Lipinski definition) is 6. The van der Waals surface area contributed by atoms with Gasteiger partial charge >= 0.3 is 12.1 Å². The highest BCUT2D eigenvalue weighted by atomic mass is 35.5. The van der Waals surface area contributed by atoms with Gasteiger partial charge in [-0.25, -0.2) is 14.5 Å². The van der Waals surface area contributed by atoms with Gasteiger partial charge in [0.2, 0.25) is 0 Å². The molecule has 0 aliphatic carbocycles. The maximum atomic E-state index is 12.2. The lowest BCUT2D eigenvalue weighted by Gasteiger charge is -2.23. The summed E-state index contributed by atoms with van der Waals surface area (Å²) in [6.45, 7) is 3.38. The Balaban J connectivity index is 0.00000312. The zero-order valence-corrected chi connectivity index (χ0v) is 14.5. The second-order valence-corrected chi connectivity index (χ2v) is 5.68. The van der Waals surface area contributed by atoms with Gasteiger partial charge < -0.3 is 15.8 Å². The summed E-state index contributed by atoms with van der Waals surface area (Å²) >= 11 is 0. The molecule has 9 nitrogen and oxygen atoms in total. The number of rotatable bonds is 5. The van der Waals surface area contributed by atoms with Crippen LogP contribution in [0, 0.1) is 16.0 Å². The first-order chi connectivity index (χ1) is 11.4. The second kappa shape index (κ2) is 9.19. The number of nitro benzene ring substituents is 1. The third-order valence-electron chi connectivity index (χ3n) is 3.94. The van der Waals surface area contributed by atoms with Crippen molar-refractivity contribution >= 4 is 30.2 Å². The van der Waals surface area contributed by atoms with E-state index in [1.54, 1.807) is 6.92 Å². The number of primary amides is 1. The summed E-state index contributed by atoms with van der Waals surface area (Å²) in [5.74, 6) is 0.153. The number of amides is 3. The van der Waals surface area contributed by atoms with Crippen molar-refractivity contribution in [2.24, 2.45) is 11.7 Å². The number of hydrogen-bond donors (Lipinski definition) is 2. The van der Waals surface area contributed by atoms with Crippen LogP contribution in [-0.4, -0.2) is 41.6 Å². The van der Waals surface area contributed by atoms with Crippen LogP contribution in [0.25, 0.3) is 0 Å². The summed E-state index contributed by atoms with van der Waals surface area (Å²) in [6, 6.07) is 4.81. The molecule has 1 aliphatic heterocycles. The predicted octanol–water partition coefficient (Wildman–Crippen LogP) is 2.20. The number of non-ortho nitro benzene ring substituents is 1. The fourth-order valence-corrected chi connectivity index (χ4v) is 2.53. The number of benzene rings is 1. The van der Waals surface area contributed by atoms with Crippen LogP contribution in [0.15, 0.2) is 24.3 Å². The molecule has 3 N–H and O–H groups in total. The van der Waals surface area contributed by atoms with Crippen LogP contribution in [0.1, 0.15) is 25.0 Å². The van der Waals surface area contributed by atoms with Crippen LogP contribution in [0.3, 0.4) is 0 Å². The highest BCUT2D eigenvalue weighted by Gasteiger charge is 2.27. The monoisotopic (exact) mass is 372 g/mol. The number of nitrogens with zero attached hydrogens (tertiary/aromatic N) is 2. The molecule has 1 aromatic rings. The maximum absolute atomic E-state index is 12.2. The average molecular weight is 373 g/mol. The van der Waals surface area contributed by atoms with E-state index in [1.807, 2.05) is 0 Å². The molecule has 3 amide bonds.